The third-order valence-corrected chi connectivity index (χ3v) is 2.05. The number of rotatable bonds is 2. The molecule has 18 heavy (non-hydrogen) atoms. The molecule has 0 aliphatic carbocycles. The molecule has 2 heterocycles. The number of hydrogen-bond donors (Lipinski definition) is 0. The van der Waals surface area contributed by atoms with Gasteiger partial charge in [-0.3, -0.25) is 19.6 Å². The molecule has 4 nitrogen and oxygen atoms in total. The van der Waals surface area contributed by atoms with Crippen molar-refractivity contribution >= 4 is 11.6 Å². The smallest absolute Gasteiger partial charge is 0.178 e. The molecule has 2 aromatic heterocycles. The van der Waals surface area contributed by atoms with Crippen LogP contribution in [0.2, 0.25) is 0 Å². The second-order valence-electron chi connectivity index (χ2n) is 3.54. The average Bonchev–Trinajstić information content (AvgIpc) is 2.41. The quantitative estimate of drug-likeness (QED) is 0.759. The van der Waals surface area contributed by atoms with Crippen molar-refractivity contribution in [3.05, 3.63) is 60.2 Å². The van der Waals surface area contributed by atoms with E-state index < -0.39 is 0 Å². The highest BCUT2D eigenvalue weighted by Gasteiger charge is 1.95. The summed E-state index contributed by atoms with van der Waals surface area (Å²) in [5.41, 5.74) is 1.05. The molecule has 0 unspecified atom stereocenters. The van der Waals surface area contributed by atoms with Gasteiger partial charge >= 0.3 is 0 Å². The molecule has 0 fully saturated rings. The van der Waals surface area contributed by atoms with Crippen molar-refractivity contribution in [3.63, 3.8) is 0 Å². The van der Waals surface area contributed by atoms with Gasteiger partial charge in [0.1, 0.15) is 11.4 Å². The van der Waals surface area contributed by atoms with Gasteiger partial charge in [0.15, 0.2) is 11.6 Å². The number of carbonyl (C=O) groups excluding carboxylic acids is 2. The van der Waals surface area contributed by atoms with E-state index in [1.165, 1.54) is 13.8 Å². The standard InChI is InChI=1S/2C7H7NO/c2*1-6(9)7-4-2-3-5-8-7/h2*2-5H,1H3. The molecule has 4 heteroatoms. The second kappa shape index (κ2) is 7.06. The van der Waals surface area contributed by atoms with E-state index in [0.29, 0.717) is 11.4 Å². The Labute approximate surface area is 106 Å². The summed E-state index contributed by atoms with van der Waals surface area (Å²) in [7, 11) is 0. The van der Waals surface area contributed by atoms with Gasteiger partial charge in [-0.05, 0) is 24.3 Å². The van der Waals surface area contributed by atoms with Crippen LogP contribution in [0.3, 0.4) is 0 Å². The Morgan fingerprint density at radius 2 is 1.17 bits per heavy atom. The van der Waals surface area contributed by atoms with E-state index in [-0.39, 0.29) is 11.6 Å². The van der Waals surface area contributed by atoms with E-state index >= 15 is 0 Å². The van der Waals surface area contributed by atoms with E-state index in [9.17, 15) is 9.59 Å². The molecule has 2 aromatic rings. The normalized spacial score (nSPS) is 9.00. The lowest BCUT2D eigenvalue weighted by atomic mass is 10.3. The van der Waals surface area contributed by atoms with Crippen LogP contribution in [0, 0.1) is 0 Å². The van der Waals surface area contributed by atoms with Gasteiger partial charge in [0.2, 0.25) is 0 Å². The zero-order valence-corrected chi connectivity index (χ0v) is 10.3. The van der Waals surface area contributed by atoms with Crippen molar-refractivity contribution in [2.45, 2.75) is 13.8 Å². The zero-order valence-electron chi connectivity index (χ0n) is 10.3. The Hall–Kier alpha value is -2.36. The molecule has 0 saturated heterocycles. The van der Waals surface area contributed by atoms with Gasteiger partial charge in [-0.15, -0.1) is 0 Å². The third-order valence-electron chi connectivity index (χ3n) is 2.05. The largest absolute Gasteiger partial charge is 0.293 e. The summed E-state index contributed by atoms with van der Waals surface area (Å²) in [6.07, 6.45) is 3.22. The maximum absolute atomic E-state index is 10.6. The molecule has 92 valence electrons. The fourth-order valence-electron chi connectivity index (χ4n) is 1.14. The summed E-state index contributed by atoms with van der Waals surface area (Å²) in [6, 6.07) is 10.6. The maximum Gasteiger partial charge on any atom is 0.178 e. The van der Waals surface area contributed by atoms with Crippen LogP contribution in [0.15, 0.2) is 48.8 Å². The van der Waals surface area contributed by atoms with Crippen LogP contribution in [0.4, 0.5) is 0 Å². The molecule has 0 aliphatic rings. The second-order valence-corrected chi connectivity index (χ2v) is 3.54. The maximum atomic E-state index is 10.6. The van der Waals surface area contributed by atoms with E-state index in [0.717, 1.165) is 0 Å². The molecule has 0 saturated carbocycles. The molecular weight excluding hydrogens is 228 g/mol. The fourth-order valence-corrected chi connectivity index (χ4v) is 1.14. The lowest BCUT2D eigenvalue weighted by Crippen LogP contribution is -1.93. The van der Waals surface area contributed by atoms with Gasteiger partial charge in [0.05, 0.1) is 0 Å². The first-order valence-electron chi connectivity index (χ1n) is 5.45. The number of aromatic nitrogens is 2. The molecule has 0 atom stereocenters. The van der Waals surface area contributed by atoms with Gasteiger partial charge in [0.25, 0.3) is 0 Å². The van der Waals surface area contributed by atoms with Crippen LogP contribution in [-0.4, -0.2) is 21.5 Å². The highest BCUT2D eigenvalue weighted by Crippen LogP contribution is 1.93. The molecule has 0 N–H and O–H groups in total. The van der Waals surface area contributed by atoms with Gasteiger partial charge in [-0.25, -0.2) is 0 Å². The average molecular weight is 242 g/mol. The third kappa shape index (κ3) is 4.65. The number of Topliss-reactive ketones (excluding diaryl/α,β-unsaturated/α-hetero) is 2. The van der Waals surface area contributed by atoms with E-state index in [2.05, 4.69) is 9.97 Å². The van der Waals surface area contributed by atoms with Gasteiger partial charge in [0, 0.05) is 26.2 Å². The monoisotopic (exact) mass is 242 g/mol. The number of pyridine rings is 2. The molecule has 0 amide bonds. The molecule has 0 spiro atoms. The minimum absolute atomic E-state index is 0.00981. The SMILES string of the molecule is CC(=O)c1ccccn1.CC(=O)c1ccccn1. The first-order chi connectivity index (χ1) is 8.61. The molecule has 0 radical (unpaired) electrons. The van der Waals surface area contributed by atoms with Crippen LogP contribution in [0.1, 0.15) is 34.8 Å². The van der Waals surface area contributed by atoms with Crippen molar-refractivity contribution in [3.8, 4) is 0 Å². The molecule has 0 aliphatic heterocycles. The molecule has 0 aromatic carbocycles. The lowest BCUT2D eigenvalue weighted by Gasteiger charge is -1.88. The molecular formula is C14H14N2O2. The number of ketones is 2. The zero-order chi connectivity index (χ0) is 13.4. The summed E-state index contributed by atoms with van der Waals surface area (Å²) < 4.78 is 0. The van der Waals surface area contributed by atoms with Crippen molar-refractivity contribution in [1.82, 2.24) is 9.97 Å². The Balaban J connectivity index is 0.000000180. The Kier molecular flexibility index (Phi) is 5.38. The number of hydrogen-bond acceptors (Lipinski definition) is 4. The Bertz CT molecular complexity index is 460. The summed E-state index contributed by atoms with van der Waals surface area (Å²) in [5, 5.41) is 0. The summed E-state index contributed by atoms with van der Waals surface area (Å²) in [6.45, 7) is 3.00. The predicted molar refractivity (Wildman–Crippen MR) is 68.5 cm³/mol. The van der Waals surface area contributed by atoms with Crippen molar-refractivity contribution < 1.29 is 9.59 Å². The Morgan fingerprint density at radius 3 is 1.33 bits per heavy atom. The molecule has 0 bridgehead atoms. The number of carbonyl (C=O) groups is 2. The first kappa shape index (κ1) is 13.7. The van der Waals surface area contributed by atoms with Crippen molar-refractivity contribution in [1.29, 1.82) is 0 Å². The van der Waals surface area contributed by atoms with Crippen LogP contribution in [0.5, 0.6) is 0 Å². The minimum atomic E-state index is 0.00981. The van der Waals surface area contributed by atoms with Gasteiger partial charge in [-0.1, -0.05) is 12.1 Å². The van der Waals surface area contributed by atoms with Crippen LogP contribution >= 0.6 is 0 Å². The Morgan fingerprint density at radius 1 is 0.778 bits per heavy atom. The van der Waals surface area contributed by atoms with Crippen LogP contribution < -0.4 is 0 Å². The fraction of sp³-hybridized carbons (Fsp3) is 0.143. The minimum Gasteiger partial charge on any atom is -0.293 e. The van der Waals surface area contributed by atoms with Crippen LogP contribution in [0.25, 0.3) is 0 Å². The van der Waals surface area contributed by atoms with Crippen LogP contribution in [-0.2, 0) is 0 Å². The molecule has 2 rings (SSSR count). The van der Waals surface area contributed by atoms with E-state index in [4.69, 9.17) is 0 Å². The topological polar surface area (TPSA) is 59.9 Å². The van der Waals surface area contributed by atoms with Crippen molar-refractivity contribution in [2.75, 3.05) is 0 Å². The van der Waals surface area contributed by atoms with Gasteiger partial charge < -0.3 is 0 Å². The highest BCUT2D eigenvalue weighted by molar-refractivity contribution is 5.92. The summed E-state index contributed by atoms with van der Waals surface area (Å²) >= 11 is 0. The highest BCUT2D eigenvalue weighted by atomic mass is 16.1. The summed E-state index contributed by atoms with van der Waals surface area (Å²) in [5.74, 6) is 0.0196. The lowest BCUT2D eigenvalue weighted by molar-refractivity contribution is 0.100. The first-order valence-corrected chi connectivity index (χ1v) is 5.45. The van der Waals surface area contributed by atoms with E-state index in [1.54, 1.807) is 48.8 Å². The van der Waals surface area contributed by atoms with Crippen molar-refractivity contribution in [2.24, 2.45) is 0 Å². The van der Waals surface area contributed by atoms with E-state index in [1.807, 2.05) is 0 Å². The number of nitrogens with zero attached hydrogens (tertiary/aromatic N) is 2. The van der Waals surface area contributed by atoms with Gasteiger partial charge in [-0.2, -0.15) is 0 Å². The summed E-state index contributed by atoms with van der Waals surface area (Å²) in [4.78, 5) is 28.8. The predicted octanol–water partition coefficient (Wildman–Crippen LogP) is 2.57.